The van der Waals surface area contributed by atoms with Gasteiger partial charge in [0, 0.05) is 12.7 Å². The quantitative estimate of drug-likeness (QED) is 0.693. The highest BCUT2D eigenvalue weighted by atomic mass is 16.7. The van der Waals surface area contributed by atoms with Crippen LogP contribution in [0.2, 0.25) is 0 Å². The summed E-state index contributed by atoms with van der Waals surface area (Å²) in [5, 5.41) is 0. The monoisotopic (exact) mass is 284 g/mol. The van der Waals surface area contributed by atoms with Gasteiger partial charge in [-0.2, -0.15) is 0 Å². The molecular formula is C19H24O2. The van der Waals surface area contributed by atoms with Gasteiger partial charge in [-0.1, -0.05) is 57.2 Å². The molecule has 0 unspecified atom stereocenters. The van der Waals surface area contributed by atoms with Crippen molar-refractivity contribution >= 4 is 0 Å². The van der Waals surface area contributed by atoms with Crippen molar-refractivity contribution in [3.05, 3.63) is 53.6 Å². The van der Waals surface area contributed by atoms with Gasteiger partial charge in [0.15, 0.2) is 6.79 Å². The summed E-state index contributed by atoms with van der Waals surface area (Å²) < 4.78 is 10.8. The van der Waals surface area contributed by atoms with E-state index in [0.717, 1.165) is 17.7 Å². The zero-order valence-corrected chi connectivity index (χ0v) is 13.3. The van der Waals surface area contributed by atoms with Crippen molar-refractivity contribution in [3.63, 3.8) is 0 Å². The predicted molar refractivity (Wildman–Crippen MR) is 87.8 cm³/mol. The first-order chi connectivity index (χ1) is 10.2. The highest BCUT2D eigenvalue weighted by molar-refractivity contribution is 5.74. The molecule has 0 spiro atoms. The van der Waals surface area contributed by atoms with E-state index in [1.54, 1.807) is 7.11 Å². The summed E-state index contributed by atoms with van der Waals surface area (Å²) in [5.74, 6) is 1.39. The molecule has 0 aliphatic heterocycles. The smallest absolute Gasteiger partial charge is 0.188 e. The standard InChI is InChI=1S/C19H24O2/c1-5-15-10-11-16(14(2)3)12-18(15)17-8-6-7-9-19(17)21-13-20-4/h6-12,14H,5,13H2,1-4H3. The minimum Gasteiger partial charge on any atom is -0.467 e. The molecule has 0 fully saturated rings. The molecule has 21 heavy (non-hydrogen) atoms. The van der Waals surface area contributed by atoms with Gasteiger partial charge in [-0.25, -0.2) is 0 Å². The highest BCUT2D eigenvalue weighted by Gasteiger charge is 2.11. The fourth-order valence-electron chi connectivity index (χ4n) is 2.45. The Labute approximate surface area is 127 Å². The molecule has 0 N–H and O–H groups in total. The first-order valence-corrected chi connectivity index (χ1v) is 7.51. The van der Waals surface area contributed by atoms with Crippen LogP contribution in [0.15, 0.2) is 42.5 Å². The van der Waals surface area contributed by atoms with Gasteiger partial charge in [0.25, 0.3) is 0 Å². The maximum absolute atomic E-state index is 5.72. The van der Waals surface area contributed by atoms with Crippen LogP contribution in [0.4, 0.5) is 0 Å². The van der Waals surface area contributed by atoms with Crippen molar-refractivity contribution in [2.75, 3.05) is 13.9 Å². The van der Waals surface area contributed by atoms with Crippen molar-refractivity contribution in [1.82, 2.24) is 0 Å². The highest BCUT2D eigenvalue weighted by Crippen LogP contribution is 2.34. The van der Waals surface area contributed by atoms with Gasteiger partial charge < -0.3 is 9.47 Å². The fraction of sp³-hybridized carbons (Fsp3) is 0.368. The van der Waals surface area contributed by atoms with Crippen molar-refractivity contribution in [2.24, 2.45) is 0 Å². The number of methoxy groups -OCH3 is 1. The van der Waals surface area contributed by atoms with Crippen LogP contribution < -0.4 is 4.74 Å². The van der Waals surface area contributed by atoms with E-state index in [1.165, 1.54) is 16.7 Å². The van der Waals surface area contributed by atoms with Gasteiger partial charge in [-0.3, -0.25) is 0 Å². The predicted octanol–water partition coefficient (Wildman–Crippen LogP) is 5.02. The number of para-hydroxylation sites is 1. The zero-order chi connectivity index (χ0) is 15.2. The van der Waals surface area contributed by atoms with Gasteiger partial charge >= 0.3 is 0 Å². The van der Waals surface area contributed by atoms with Crippen molar-refractivity contribution in [1.29, 1.82) is 0 Å². The molecule has 0 radical (unpaired) electrons. The molecule has 0 amide bonds. The molecule has 2 nitrogen and oxygen atoms in total. The van der Waals surface area contributed by atoms with Crippen LogP contribution in [0, 0.1) is 0 Å². The van der Waals surface area contributed by atoms with E-state index >= 15 is 0 Å². The lowest BCUT2D eigenvalue weighted by atomic mass is 9.92. The van der Waals surface area contributed by atoms with E-state index in [0.29, 0.717) is 5.92 Å². The molecule has 0 heterocycles. The molecule has 112 valence electrons. The van der Waals surface area contributed by atoms with Crippen molar-refractivity contribution < 1.29 is 9.47 Å². The SMILES string of the molecule is CCc1ccc(C(C)C)cc1-c1ccccc1OCOC. The Kier molecular flexibility index (Phi) is 5.40. The Balaban J connectivity index is 2.51. The molecule has 0 atom stereocenters. The molecule has 0 aliphatic rings. The zero-order valence-electron chi connectivity index (χ0n) is 13.3. The fourth-order valence-corrected chi connectivity index (χ4v) is 2.45. The summed E-state index contributed by atoms with van der Waals surface area (Å²) in [4.78, 5) is 0. The third kappa shape index (κ3) is 3.64. The third-order valence-corrected chi connectivity index (χ3v) is 3.69. The number of ether oxygens (including phenoxy) is 2. The average Bonchev–Trinajstić information content (AvgIpc) is 2.52. The minimum atomic E-state index is 0.266. The van der Waals surface area contributed by atoms with E-state index in [-0.39, 0.29) is 6.79 Å². The second kappa shape index (κ2) is 7.28. The van der Waals surface area contributed by atoms with Crippen LogP contribution in [0.1, 0.15) is 37.8 Å². The van der Waals surface area contributed by atoms with Gasteiger partial charge in [0.1, 0.15) is 5.75 Å². The van der Waals surface area contributed by atoms with Gasteiger partial charge in [0.05, 0.1) is 0 Å². The van der Waals surface area contributed by atoms with Gasteiger partial charge in [-0.05, 0) is 35.1 Å². The summed E-state index contributed by atoms with van der Waals surface area (Å²) in [6.07, 6.45) is 1.01. The van der Waals surface area contributed by atoms with E-state index < -0.39 is 0 Å². The summed E-state index contributed by atoms with van der Waals surface area (Å²) in [5.41, 5.74) is 5.08. The molecule has 0 bridgehead atoms. The van der Waals surface area contributed by atoms with E-state index in [1.807, 2.05) is 12.1 Å². The molecule has 0 saturated heterocycles. The Hall–Kier alpha value is -1.80. The van der Waals surface area contributed by atoms with E-state index in [2.05, 4.69) is 51.1 Å². The van der Waals surface area contributed by atoms with Crippen LogP contribution in [-0.4, -0.2) is 13.9 Å². The first kappa shape index (κ1) is 15.6. The first-order valence-electron chi connectivity index (χ1n) is 7.51. The van der Waals surface area contributed by atoms with Crippen LogP contribution >= 0.6 is 0 Å². The molecule has 2 heteroatoms. The van der Waals surface area contributed by atoms with E-state index in [4.69, 9.17) is 9.47 Å². The molecule has 2 aromatic rings. The lowest BCUT2D eigenvalue weighted by molar-refractivity contribution is 0.0515. The van der Waals surface area contributed by atoms with Crippen LogP contribution in [-0.2, 0) is 11.2 Å². The van der Waals surface area contributed by atoms with Crippen LogP contribution in [0.5, 0.6) is 5.75 Å². The summed E-state index contributed by atoms with van der Waals surface area (Å²) >= 11 is 0. The molecule has 0 saturated carbocycles. The number of aryl methyl sites for hydroxylation is 1. The maximum atomic E-state index is 5.72. The van der Waals surface area contributed by atoms with Crippen molar-refractivity contribution in [2.45, 2.75) is 33.1 Å². The lowest BCUT2D eigenvalue weighted by Crippen LogP contribution is -2.01. The Morgan fingerprint density at radius 2 is 1.76 bits per heavy atom. The summed E-state index contributed by atoms with van der Waals surface area (Å²) in [6, 6.07) is 14.9. The maximum Gasteiger partial charge on any atom is 0.188 e. The normalized spacial score (nSPS) is 10.9. The number of hydrogen-bond acceptors (Lipinski definition) is 2. The number of hydrogen-bond donors (Lipinski definition) is 0. The van der Waals surface area contributed by atoms with E-state index in [9.17, 15) is 0 Å². The molecule has 0 aliphatic carbocycles. The van der Waals surface area contributed by atoms with Gasteiger partial charge in [0.2, 0.25) is 0 Å². The summed E-state index contributed by atoms with van der Waals surface area (Å²) in [7, 11) is 1.64. The Morgan fingerprint density at radius 3 is 2.43 bits per heavy atom. The molecule has 2 rings (SSSR count). The Morgan fingerprint density at radius 1 is 1.00 bits per heavy atom. The second-order valence-electron chi connectivity index (χ2n) is 5.47. The topological polar surface area (TPSA) is 18.5 Å². The third-order valence-electron chi connectivity index (χ3n) is 3.69. The number of benzene rings is 2. The lowest BCUT2D eigenvalue weighted by Gasteiger charge is -2.16. The molecule has 2 aromatic carbocycles. The molecule has 0 aromatic heterocycles. The largest absolute Gasteiger partial charge is 0.467 e. The average molecular weight is 284 g/mol. The Bertz CT molecular complexity index is 588. The minimum absolute atomic E-state index is 0.266. The number of rotatable bonds is 6. The molecular weight excluding hydrogens is 260 g/mol. The van der Waals surface area contributed by atoms with Crippen molar-refractivity contribution in [3.8, 4) is 16.9 Å². The summed E-state index contributed by atoms with van der Waals surface area (Å²) in [6.45, 7) is 6.89. The van der Waals surface area contributed by atoms with Crippen LogP contribution in [0.25, 0.3) is 11.1 Å². The van der Waals surface area contributed by atoms with Crippen LogP contribution in [0.3, 0.4) is 0 Å². The van der Waals surface area contributed by atoms with Gasteiger partial charge in [-0.15, -0.1) is 0 Å². The second-order valence-corrected chi connectivity index (χ2v) is 5.47.